The highest BCUT2D eigenvalue weighted by molar-refractivity contribution is 6.35. The first-order valence-electron chi connectivity index (χ1n) is 6.22. The lowest BCUT2D eigenvalue weighted by Crippen LogP contribution is -2.33. The van der Waals surface area contributed by atoms with Gasteiger partial charge in [0.15, 0.2) is 0 Å². The average molecular weight is 278 g/mol. The number of nitrogens with one attached hydrogen (secondary N) is 2. The molecule has 0 fully saturated rings. The van der Waals surface area contributed by atoms with Crippen LogP contribution >= 0.6 is 11.6 Å². The fourth-order valence-electron chi connectivity index (χ4n) is 1.91. The zero-order chi connectivity index (χ0) is 13.7. The molecule has 0 atom stereocenters. The first kappa shape index (κ1) is 13.8. The first-order valence-corrected chi connectivity index (χ1v) is 6.59. The van der Waals surface area contributed by atoms with Gasteiger partial charge in [-0.15, -0.1) is 0 Å². The second-order valence-corrected chi connectivity index (χ2v) is 4.57. The van der Waals surface area contributed by atoms with E-state index in [0.717, 1.165) is 16.5 Å². The Balaban J connectivity index is 2.09. The van der Waals surface area contributed by atoms with Crippen molar-refractivity contribution < 1.29 is 4.79 Å². The summed E-state index contributed by atoms with van der Waals surface area (Å²) in [5, 5.41) is 7.46. The van der Waals surface area contributed by atoms with Crippen LogP contribution in [0.1, 0.15) is 12.5 Å². The van der Waals surface area contributed by atoms with Crippen molar-refractivity contribution in [2.75, 3.05) is 13.1 Å². The summed E-state index contributed by atoms with van der Waals surface area (Å²) in [7, 11) is 0. The Kier molecular flexibility index (Phi) is 4.71. The summed E-state index contributed by atoms with van der Waals surface area (Å²) in [5.41, 5.74) is 1.91. The van der Waals surface area contributed by atoms with E-state index >= 15 is 0 Å². The molecule has 2 N–H and O–H groups in total. The van der Waals surface area contributed by atoms with E-state index in [9.17, 15) is 4.79 Å². The van der Waals surface area contributed by atoms with Crippen molar-refractivity contribution in [3.05, 3.63) is 41.0 Å². The van der Waals surface area contributed by atoms with E-state index in [1.54, 1.807) is 6.20 Å². The molecule has 0 unspecified atom stereocenters. The van der Waals surface area contributed by atoms with E-state index in [2.05, 4.69) is 15.6 Å². The number of nitrogens with zero attached hydrogens (tertiary/aromatic N) is 1. The van der Waals surface area contributed by atoms with Crippen LogP contribution in [0.15, 0.2) is 30.5 Å². The normalized spacial score (nSPS) is 10.6. The van der Waals surface area contributed by atoms with Gasteiger partial charge < -0.3 is 10.6 Å². The van der Waals surface area contributed by atoms with Gasteiger partial charge in [-0.3, -0.25) is 9.78 Å². The molecule has 19 heavy (non-hydrogen) atoms. The van der Waals surface area contributed by atoms with Gasteiger partial charge in [-0.1, -0.05) is 17.7 Å². The van der Waals surface area contributed by atoms with Crippen molar-refractivity contribution in [3.8, 4) is 0 Å². The summed E-state index contributed by atoms with van der Waals surface area (Å²) in [6.07, 6.45) is 1.74. The summed E-state index contributed by atoms with van der Waals surface area (Å²) >= 11 is 6.13. The number of likely N-dealkylation sites (N-methyl/N-ethyl adjacent to an activating group) is 1. The molecule has 0 aliphatic heterocycles. The number of aromatic nitrogens is 1. The quantitative estimate of drug-likeness (QED) is 0.880. The number of carbonyl (C=O) groups is 1. The van der Waals surface area contributed by atoms with Crippen molar-refractivity contribution in [3.63, 3.8) is 0 Å². The van der Waals surface area contributed by atoms with E-state index in [1.165, 1.54) is 0 Å². The fourth-order valence-corrected chi connectivity index (χ4v) is 2.12. The van der Waals surface area contributed by atoms with Gasteiger partial charge in [0, 0.05) is 29.7 Å². The third-order valence-corrected chi connectivity index (χ3v) is 3.10. The Morgan fingerprint density at radius 2 is 2.21 bits per heavy atom. The number of carbonyl (C=O) groups excluding carboxylic acids is 1. The lowest BCUT2D eigenvalue weighted by Gasteiger charge is -2.08. The lowest BCUT2D eigenvalue weighted by atomic mass is 10.1. The fraction of sp³-hybridized carbons (Fsp3) is 0.286. The van der Waals surface area contributed by atoms with Crippen molar-refractivity contribution >= 4 is 28.4 Å². The minimum absolute atomic E-state index is 0.00581. The molecule has 0 bridgehead atoms. The molecule has 0 saturated carbocycles. The van der Waals surface area contributed by atoms with Gasteiger partial charge in [0.1, 0.15) is 0 Å². The Morgan fingerprint density at radius 3 is 3.00 bits per heavy atom. The van der Waals surface area contributed by atoms with Crippen molar-refractivity contribution in [2.45, 2.75) is 13.5 Å². The number of hydrogen-bond acceptors (Lipinski definition) is 3. The number of rotatable bonds is 5. The van der Waals surface area contributed by atoms with Crippen LogP contribution in [0.4, 0.5) is 0 Å². The molecular formula is C14H16ClN3O. The van der Waals surface area contributed by atoms with Gasteiger partial charge in [0.05, 0.1) is 12.1 Å². The largest absolute Gasteiger partial charge is 0.355 e. The van der Waals surface area contributed by atoms with Crippen LogP contribution in [0.2, 0.25) is 5.02 Å². The minimum Gasteiger partial charge on any atom is -0.355 e. The molecule has 0 saturated heterocycles. The molecule has 0 spiro atoms. The summed E-state index contributed by atoms with van der Waals surface area (Å²) in [5.74, 6) is -0.00581. The second-order valence-electron chi connectivity index (χ2n) is 4.16. The maximum absolute atomic E-state index is 11.3. The molecule has 0 aliphatic rings. The standard InChI is InChI=1S/C14H16ClN3O/c1-2-17-13(19)9-16-8-10-5-6-12(15)11-4-3-7-18-14(10)11/h3-7,16H,2,8-9H2,1H3,(H,17,19). The third kappa shape index (κ3) is 3.43. The number of pyridine rings is 1. The van der Waals surface area contributed by atoms with E-state index in [-0.39, 0.29) is 5.91 Å². The number of benzene rings is 1. The van der Waals surface area contributed by atoms with Crippen LogP contribution in [0, 0.1) is 0 Å². The van der Waals surface area contributed by atoms with Crippen LogP contribution in [0.5, 0.6) is 0 Å². The predicted molar refractivity (Wildman–Crippen MR) is 77.1 cm³/mol. The molecule has 100 valence electrons. The molecule has 0 radical (unpaired) electrons. The van der Waals surface area contributed by atoms with E-state index in [1.807, 2.05) is 31.2 Å². The van der Waals surface area contributed by atoms with Crippen molar-refractivity contribution in [1.82, 2.24) is 15.6 Å². The number of fused-ring (bicyclic) bond motifs is 1. The minimum atomic E-state index is -0.00581. The van der Waals surface area contributed by atoms with E-state index in [4.69, 9.17) is 11.6 Å². The maximum Gasteiger partial charge on any atom is 0.233 e. The summed E-state index contributed by atoms with van der Waals surface area (Å²) in [6, 6.07) is 7.59. The van der Waals surface area contributed by atoms with Gasteiger partial charge in [-0.2, -0.15) is 0 Å². The van der Waals surface area contributed by atoms with Gasteiger partial charge in [-0.05, 0) is 30.7 Å². The molecule has 0 aliphatic carbocycles. The van der Waals surface area contributed by atoms with E-state index < -0.39 is 0 Å². The first-order chi connectivity index (χ1) is 9.22. The van der Waals surface area contributed by atoms with Crippen LogP contribution in [-0.2, 0) is 11.3 Å². The molecule has 2 aromatic rings. The molecule has 2 rings (SSSR count). The summed E-state index contributed by atoms with van der Waals surface area (Å²) < 4.78 is 0. The Morgan fingerprint density at radius 1 is 1.37 bits per heavy atom. The average Bonchev–Trinajstić information content (AvgIpc) is 2.42. The second kappa shape index (κ2) is 6.50. The molecule has 5 heteroatoms. The topological polar surface area (TPSA) is 54.0 Å². The Labute approximate surface area is 117 Å². The molecule has 1 heterocycles. The van der Waals surface area contributed by atoms with Crippen LogP contribution < -0.4 is 10.6 Å². The highest BCUT2D eigenvalue weighted by atomic mass is 35.5. The van der Waals surface area contributed by atoms with Crippen LogP contribution in [0.3, 0.4) is 0 Å². The van der Waals surface area contributed by atoms with Gasteiger partial charge in [0.25, 0.3) is 0 Å². The smallest absolute Gasteiger partial charge is 0.233 e. The van der Waals surface area contributed by atoms with Gasteiger partial charge in [0.2, 0.25) is 5.91 Å². The molecule has 1 aromatic carbocycles. The zero-order valence-electron chi connectivity index (χ0n) is 10.7. The summed E-state index contributed by atoms with van der Waals surface area (Å²) in [6.45, 7) is 3.42. The van der Waals surface area contributed by atoms with Crippen molar-refractivity contribution in [2.24, 2.45) is 0 Å². The van der Waals surface area contributed by atoms with Crippen LogP contribution in [0.25, 0.3) is 10.9 Å². The molecule has 1 amide bonds. The van der Waals surface area contributed by atoms with Crippen molar-refractivity contribution in [1.29, 1.82) is 0 Å². The molecule has 1 aromatic heterocycles. The zero-order valence-corrected chi connectivity index (χ0v) is 11.5. The Hall–Kier alpha value is -1.65. The lowest BCUT2D eigenvalue weighted by molar-refractivity contribution is -0.120. The molecular weight excluding hydrogens is 262 g/mol. The van der Waals surface area contributed by atoms with Gasteiger partial charge in [-0.25, -0.2) is 0 Å². The SMILES string of the molecule is CCNC(=O)CNCc1ccc(Cl)c2cccnc12. The molecule has 4 nitrogen and oxygen atoms in total. The highest BCUT2D eigenvalue weighted by Gasteiger charge is 2.06. The van der Waals surface area contributed by atoms with Gasteiger partial charge >= 0.3 is 0 Å². The number of halogens is 1. The monoisotopic (exact) mass is 277 g/mol. The maximum atomic E-state index is 11.3. The highest BCUT2D eigenvalue weighted by Crippen LogP contribution is 2.24. The van der Waals surface area contributed by atoms with Crippen LogP contribution in [-0.4, -0.2) is 24.0 Å². The summed E-state index contributed by atoms with van der Waals surface area (Å²) in [4.78, 5) is 15.7. The third-order valence-electron chi connectivity index (χ3n) is 2.77. The number of hydrogen-bond donors (Lipinski definition) is 2. The van der Waals surface area contributed by atoms with E-state index in [0.29, 0.717) is 24.7 Å². The Bertz CT molecular complexity index is 586. The predicted octanol–water partition coefficient (Wildman–Crippen LogP) is 2.11. The number of amides is 1.